The number of ether oxygens (including phenoxy) is 1. The molecule has 1 aromatic rings. The van der Waals surface area contributed by atoms with Crippen molar-refractivity contribution >= 4 is 5.91 Å². The van der Waals surface area contributed by atoms with Crippen LogP contribution >= 0.6 is 0 Å². The molecule has 8 heteroatoms. The minimum atomic E-state index is -4.39. The van der Waals surface area contributed by atoms with E-state index in [1.807, 2.05) is 0 Å². The van der Waals surface area contributed by atoms with Gasteiger partial charge in [0.25, 0.3) is 0 Å². The Morgan fingerprint density at radius 1 is 1.36 bits per heavy atom. The Morgan fingerprint density at radius 2 is 1.96 bits per heavy atom. The highest BCUT2D eigenvalue weighted by atomic mass is 19.4. The van der Waals surface area contributed by atoms with E-state index in [-0.39, 0.29) is 11.7 Å². The van der Waals surface area contributed by atoms with E-state index >= 15 is 0 Å². The third-order valence-electron chi connectivity index (χ3n) is 4.10. The fourth-order valence-electron chi connectivity index (χ4n) is 3.04. The summed E-state index contributed by atoms with van der Waals surface area (Å²) in [5, 5.41) is 12.5. The van der Waals surface area contributed by atoms with Crippen LogP contribution in [-0.2, 0) is 11.3 Å². The average molecular weight is 360 g/mol. The van der Waals surface area contributed by atoms with Crippen LogP contribution in [-0.4, -0.2) is 54.4 Å². The molecule has 25 heavy (non-hydrogen) atoms. The minimum Gasteiger partial charge on any atom is -0.484 e. The summed E-state index contributed by atoms with van der Waals surface area (Å²) in [6.45, 7) is 2.75. The Labute approximate surface area is 144 Å². The Kier molecular flexibility index (Phi) is 5.95. The number of aliphatic hydroxyl groups excluding tert-OH is 1. The van der Waals surface area contributed by atoms with Gasteiger partial charge in [0.1, 0.15) is 5.75 Å². The molecule has 1 aliphatic rings. The van der Waals surface area contributed by atoms with E-state index in [0.29, 0.717) is 30.6 Å². The van der Waals surface area contributed by atoms with Gasteiger partial charge in [-0.25, -0.2) is 0 Å². The number of benzene rings is 1. The monoisotopic (exact) mass is 360 g/mol. The first-order chi connectivity index (χ1) is 11.6. The van der Waals surface area contributed by atoms with E-state index in [1.165, 1.54) is 0 Å². The number of halogens is 3. The number of carbonyl (C=O) groups is 1. The standard InChI is InChI=1S/C17H23F3N2O3/c1-10-4-12(5-11(2)15(10)25-9-17(18,19)20)8-22(3)16(24)14-6-13(23)7-21-14/h4-5,13-14,21,23H,6-9H2,1-3H3/t13-,14+/m0/s1. The molecule has 5 nitrogen and oxygen atoms in total. The minimum absolute atomic E-state index is 0.121. The highest BCUT2D eigenvalue weighted by molar-refractivity contribution is 5.82. The quantitative estimate of drug-likeness (QED) is 0.842. The van der Waals surface area contributed by atoms with E-state index in [2.05, 4.69) is 5.32 Å². The van der Waals surface area contributed by atoms with Gasteiger partial charge < -0.3 is 20.1 Å². The Morgan fingerprint density at radius 3 is 2.44 bits per heavy atom. The van der Waals surface area contributed by atoms with E-state index in [0.717, 1.165) is 5.56 Å². The molecule has 0 spiro atoms. The van der Waals surface area contributed by atoms with Crippen LogP contribution in [0.5, 0.6) is 5.75 Å². The number of carbonyl (C=O) groups excluding carboxylic acids is 1. The Hall–Kier alpha value is -1.80. The SMILES string of the molecule is Cc1cc(CN(C)C(=O)[C@H]2C[C@H](O)CN2)cc(C)c1OCC(F)(F)F. The lowest BCUT2D eigenvalue weighted by molar-refractivity contribution is -0.153. The fourth-order valence-corrected chi connectivity index (χ4v) is 3.04. The first-order valence-electron chi connectivity index (χ1n) is 8.03. The number of likely N-dealkylation sites (N-methyl/N-ethyl adjacent to an activating group) is 1. The van der Waals surface area contributed by atoms with Crippen molar-refractivity contribution in [2.75, 3.05) is 20.2 Å². The normalized spacial score (nSPS) is 20.6. The van der Waals surface area contributed by atoms with Crippen molar-refractivity contribution in [1.82, 2.24) is 10.2 Å². The summed E-state index contributed by atoms with van der Waals surface area (Å²) in [6.07, 6.45) is -4.52. The summed E-state index contributed by atoms with van der Waals surface area (Å²) in [6, 6.07) is 3.04. The van der Waals surface area contributed by atoms with Gasteiger partial charge in [0.05, 0.1) is 12.1 Å². The number of nitrogens with zero attached hydrogens (tertiary/aromatic N) is 1. The maximum Gasteiger partial charge on any atom is 0.422 e. The van der Waals surface area contributed by atoms with Crippen molar-refractivity contribution in [2.45, 2.75) is 45.1 Å². The number of aryl methyl sites for hydroxylation is 2. The van der Waals surface area contributed by atoms with Crippen LogP contribution in [0.3, 0.4) is 0 Å². The molecule has 0 aliphatic carbocycles. The number of amides is 1. The zero-order chi connectivity index (χ0) is 18.8. The van der Waals surface area contributed by atoms with Crippen molar-refractivity contribution in [1.29, 1.82) is 0 Å². The van der Waals surface area contributed by atoms with Crippen molar-refractivity contribution in [3.8, 4) is 5.75 Å². The van der Waals surface area contributed by atoms with Crippen LogP contribution in [0, 0.1) is 13.8 Å². The molecule has 0 aromatic heterocycles. The van der Waals surface area contributed by atoms with Gasteiger partial charge >= 0.3 is 6.18 Å². The molecule has 140 valence electrons. The molecule has 0 unspecified atom stereocenters. The fraction of sp³-hybridized carbons (Fsp3) is 0.588. The summed E-state index contributed by atoms with van der Waals surface area (Å²) in [7, 11) is 1.66. The molecule has 1 saturated heterocycles. The van der Waals surface area contributed by atoms with Gasteiger partial charge in [-0.1, -0.05) is 12.1 Å². The lowest BCUT2D eigenvalue weighted by Crippen LogP contribution is -2.41. The first kappa shape index (κ1) is 19.5. The molecule has 2 rings (SSSR count). The summed E-state index contributed by atoms with van der Waals surface area (Å²) in [5.74, 6) is 0.0971. The highest BCUT2D eigenvalue weighted by Gasteiger charge is 2.30. The van der Waals surface area contributed by atoms with Crippen molar-refractivity contribution < 1.29 is 27.8 Å². The number of hydrogen-bond donors (Lipinski definition) is 2. The van der Waals surface area contributed by atoms with E-state index in [1.54, 1.807) is 37.9 Å². The van der Waals surface area contributed by atoms with Gasteiger partial charge in [-0.15, -0.1) is 0 Å². The van der Waals surface area contributed by atoms with Gasteiger partial charge in [0, 0.05) is 20.1 Å². The van der Waals surface area contributed by atoms with Gasteiger partial charge in [-0.2, -0.15) is 13.2 Å². The molecule has 1 heterocycles. The molecular weight excluding hydrogens is 337 g/mol. The molecule has 1 aliphatic heterocycles. The van der Waals surface area contributed by atoms with Gasteiger partial charge in [0.2, 0.25) is 5.91 Å². The van der Waals surface area contributed by atoms with Crippen LogP contribution in [0.4, 0.5) is 13.2 Å². The summed E-state index contributed by atoms with van der Waals surface area (Å²) in [4.78, 5) is 13.9. The third kappa shape index (κ3) is 5.34. The van der Waals surface area contributed by atoms with Crippen LogP contribution < -0.4 is 10.1 Å². The molecule has 0 bridgehead atoms. The van der Waals surface area contributed by atoms with Crippen LogP contribution in [0.15, 0.2) is 12.1 Å². The molecule has 0 radical (unpaired) electrons. The van der Waals surface area contributed by atoms with Crippen LogP contribution in [0.2, 0.25) is 0 Å². The lowest BCUT2D eigenvalue weighted by Gasteiger charge is -2.22. The number of β-amino-alcohol motifs (C(OH)–C–C–N with tert-alkyl or cyclic N) is 1. The zero-order valence-electron chi connectivity index (χ0n) is 14.5. The molecule has 1 aromatic carbocycles. The van der Waals surface area contributed by atoms with Crippen molar-refractivity contribution in [3.05, 3.63) is 28.8 Å². The van der Waals surface area contributed by atoms with Gasteiger partial charge in [-0.05, 0) is 37.0 Å². The number of hydrogen-bond acceptors (Lipinski definition) is 4. The topological polar surface area (TPSA) is 61.8 Å². The van der Waals surface area contributed by atoms with Crippen LogP contribution in [0.1, 0.15) is 23.1 Å². The second kappa shape index (κ2) is 7.61. The second-order valence-corrected chi connectivity index (χ2v) is 6.51. The molecule has 1 amide bonds. The summed E-state index contributed by atoms with van der Waals surface area (Å²) < 4.78 is 41.9. The third-order valence-corrected chi connectivity index (χ3v) is 4.10. The molecule has 2 atom stereocenters. The smallest absolute Gasteiger partial charge is 0.422 e. The predicted molar refractivity (Wildman–Crippen MR) is 86.4 cm³/mol. The molecular formula is C17H23F3N2O3. The average Bonchev–Trinajstić information content (AvgIpc) is 2.90. The predicted octanol–water partition coefficient (Wildman–Crippen LogP) is 1.93. The molecule has 1 fully saturated rings. The number of nitrogens with one attached hydrogen (secondary N) is 1. The number of alkyl halides is 3. The maximum absolute atomic E-state index is 12.3. The zero-order valence-corrected chi connectivity index (χ0v) is 14.5. The van der Waals surface area contributed by atoms with Crippen molar-refractivity contribution in [3.63, 3.8) is 0 Å². The number of rotatable bonds is 5. The summed E-state index contributed by atoms with van der Waals surface area (Å²) in [5.41, 5.74) is 1.99. The first-order valence-corrected chi connectivity index (χ1v) is 8.03. The van der Waals surface area contributed by atoms with E-state index < -0.39 is 24.9 Å². The van der Waals surface area contributed by atoms with Gasteiger partial charge in [0.15, 0.2) is 6.61 Å². The molecule has 0 saturated carbocycles. The van der Waals surface area contributed by atoms with Gasteiger partial charge in [-0.3, -0.25) is 4.79 Å². The highest BCUT2D eigenvalue weighted by Crippen LogP contribution is 2.27. The van der Waals surface area contributed by atoms with Crippen LogP contribution in [0.25, 0.3) is 0 Å². The molecule has 2 N–H and O–H groups in total. The number of aliphatic hydroxyl groups is 1. The second-order valence-electron chi connectivity index (χ2n) is 6.51. The van der Waals surface area contributed by atoms with Crippen molar-refractivity contribution in [2.24, 2.45) is 0 Å². The Balaban J connectivity index is 2.04. The largest absolute Gasteiger partial charge is 0.484 e. The van der Waals surface area contributed by atoms with E-state index in [9.17, 15) is 23.1 Å². The maximum atomic E-state index is 12.3. The summed E-state index contributed by atoms with van der Waals surface area (Å²) >= 11 is 0. The van der Waals surface area contributed by atoms with E-state index in [4.69, 9.17) is 4.74 Å². The Bertz CT molecular complexity index is 611. The lowest BCUT2D eigenvalue weighted by atomic mass is 10.0.